The van der Waals surface area contributed by atoms with Crippen LogP contribution in [0.4, 0.5) is 0 Å². The van der Waals surface area contributed by atoms with Crippen molar-refractivity contribution in [3.8, 4) is 5.75 Å². The van der Waals surface area contributed by atoms with Crippen LogP contribution in [-0.4, -0.2) is 18.0 Å². The minimum atomic E-state index is -3.54. The molecule has 0 aliphatic carbocycles. The molecule has 2 aromatic rings. The van der Waals surface area contributed by atoms with Gasteiger partial charge in [0.15, 0.2) is 0 Å². The molecular weight excluding hydrogens is 325 g/mol. The smallest absolute Gasteiger partial charge is 0.308 e. The summed E-state index contributed by atoms with van der Waals surface area (Å²) in [6, 6.07) is 15.1. The quantitative estimate of drug-likeness (QED) is 0.432. The zero-order chi connectivity index (χ0) is 17.6. The van der Waals surface area contributed by atoms with E-state index in [1.165, 1.54) is 11.1 Å². The summed E-state index contributed by atoms with van der Waals surface area (Å²) in [4.78, 5) is 6.61. The first kappa shape index (κ1) is 18.6. The van der Waals surface area contributed by atoms with Crippen LogP contribution < -0.4 is 15.8 Å². The summed E-state index contributed by atoms with van der Waals surface area (Å²) < 4.78 is 17.7. The zero-order valence-electron chi connectivity index (χ0n) is 14.0. The highest BCUT2D eigenvalue weighted by molar-refractivity contribution is 7.56. The van der Waals surface area contributed by atoms with Crippen molar-refractivity contribution in [2.75, 3.05) is 13.2 Å². The number of hydroxylamine groups is 1. The van der Waals surface area contributed by atoms with E-state index in [2.05, 4.69) is 0 Å². The van der Waals surface area contributed by atoms with Gasteiger partial charge in [0.2, 0.25) is 0 Å². The number of aryl methyl sites for hydroxylation is 2. The molecule has 4 N–H and O–H groups in total. The predicted molar refractivity (Wildman–Crippen MR) is 95.3 cm³/mol. The molecule has 0 amide bonds. The Bertz CT molecular complexity index is 683. The molecule has 6 nitrogen and oxygen atoms in total. The third kappa shape index (κ3) is 5.44. The van der Waals surface area contributed by atoms with Gasteiger partial charge < -0.3 is 9.57 Å². The Morgan fingerprint density at radius 2 is 1.62 bits per heavy atom. The van der Waals surface area contributed by atoms with E-state index in [-0.39, 0.29) is 6.54 Å². The van der Waals surface area contributed by atoms with Crippen molar-refractivity contribution < 1.29 is 14.1 Å². The average molecular weight is 349 g/mol. The van der Waals surface area contributed by atoms with Crippen LogP contribution in [0.2, 0.25) is 0 Å². The van der Waals surface area contributed by atoms with Crippen molar-refractivity contribution in [2.24, 2.45) is 11.0 Å². The van der Waals surface area contributed by atoms with Gasteiger partial charge in [-0.3, -0.25) is 15.6 Å². The van der Waals surface area contributed by atoms with E-state index in [0.29, 0.717) is 19.0 Å². The fourth-order valence-corrected chi connectivity index (χ4v) is 2.88. The molecule has 2 rings (SSSR count). The molecule has 130 valence electrons. The molecule has 0 fully saturated rings. The molecule has 0 aromatic heterocycles. The largest absolute Gasteiger partial charge is 0.397 e. The maximum atomic E-state index is 12.0. The monoisotopic (exact) mass is 349 g/mol. The number of nitrogens with two attached hydrogens (primary N) is 2. The third-order valence-electron chi connectivity index (χ3n) is 3.62. The van der Waals surface area contributed by atoms with E-state index in [1.54, 1.807) is 12.1 Å². The molecule has 24 heavy (non-hydrogen) atoms. The van der Waals surface area contributed by atoms with E-state index in [1.807, 2.05) is 50.2 Å². The minimum absolute atomic E-state index is 0.199. The number of hydrogen-bond donors (Lipinski definition) is 2. The predicted octanol–water partition coefficient (Wildman–Crippen LogP) is 3.14. The van der Waals surface area contributed by atoms with Crippen LogP contribution in [0.25, 0.3) is 0 Å². The summed E-state index contributed by atoms with van der Waals surface area (Å²) >= 11 is 0. The molecule has 0 unspecified atom stereocenters. The van der Waals surface area contributed by atoms with Gasteiger partial charge in [0.05, 0.1) is 19.8 Å². The Hall–Kier alpha value is -1.69. The molecular formula is C17H24N3O3P. The minimum Gasteiger partial charge on any atom is -0.397 e. The zero-order valence-corrected chi connectivity index (χ0v) is 14.9. The van der Waals surface area contributed by atoms with Gasteiger partial charge in [-0.15, -0.1) is 0 Å². The molecule has 0 heterocycles. The first-order valence-electron chi connectivity index (χ1n) is 7.69. The van der Waals surface area contributed by atoms with Gasteiger partial charge in [-0.25, -0.2) is 0 Å². The normalized spacial score (nSPS) is 11.7. The second-order valence-corrected chi connectivity index (χ2v) is 7.37. The molecule has 7 heteroatoms. The molecule has 0 spiro atoms. The van der Waals surface area contributed by atoms with Crippen LogP contribution in [0.15, 0.2) is 48.5 Å². The van der Waals surface area contributed by atoms with Gasteiger partial charge in [-0.1, -0.05) is 41.2 Å². The Balaban J connectivity index is 1.90. The van der Waals surface area contributed by atoms with E-state index in [9.17, 15) is 4.57 Å². The number of rotatable bonds is 8. The fraction of sp³-hybridized carbons (Fsp3) is 0.294. The summed E-state index contributed by atoms with van der Waals surface area (Å²) in [6.07, 6.45) is 0. The number of para-hydroxylation sites is 1. The van der Waals surface area contributed by atoms with Gasteiger partial charge in [0, 0.05) is 0 Å². The lowest BCUT2D eigenvalue weighted by Gasteiger charge is -2.24. The second-order valence-electron chi connectivity index (χ2n) is 5.58. The average Bonchev–Trinajstić information content (AvgIpc) is 2.52. The van der Waals surface area contributed by atoms with Crippen LogP contribution in [0.3, 0.4) is 0 Å². The summed E-state index contributed by atoms with van der Waals surface area (Å²) in [6.45, 7) is 5.05. The molecule has 0 aliphatic rings. The topological polar surface area (TPSA) is 90.8 Å². The Morgan fingerprint density at radius 3 is 2.21 bits per heavy atom. The van der Waals surface area contributed by atoms with Crippen molar-refractivity contribution in [3.63, 3.8) is 0 Å². The second kappa shape index (κ2) is 8.42. The van der Waals surface area contributed by atoms with Gasteiger partial charge in [-0.05, 0) is 42.7 Å². The molecule has 2 aromatic carbocycles. The number of nitrogens with zero attached hydrogens (tertiary/aromatic N) is 1. The standard InChI is InChI=1S/C17H24N3O3P/c1-14-7-6-8-15(2)17(14)13-22-12-11-20(24(18,19)21)23-16-9-4-3-5-10-16/h3-10H,11-13H2,1-2H3,(H4,18,19,21). The number of benzene rings is 2. The fourth-order valence-electron chi connectivity index (χ4n) is 2.26. The summed E-state index contributed by atoms with van der Waals surface area (Å²) in [5, 5.41) is 0. The van der Waals surface area contributed by atoms with Crippen LogP contribution >= 0.6 is 7.59 Å². The molecule has 0 bridgehead atoms. The van der Waals surface area contributed by atoms with Crippen molar-refractivity contribution in [2.45, 2.75) is 20.5 Å². The van der Waals surface area contributed by atoms with Gasteiger partial charge in [0.25, 0.3) is 0 Å². The summed E-state index contributed by atoms with van der Waals surface area (Å²) in [5.41, 5.74) is 14.6. The van der Waals surface area contributed by atoms with Crippen molar-refractivity contribution in [1.29, 1.82) is 0 Å². The van der Waals surface area contributed by atoms with E-state index >= 15 is 0 Å². The Labute approximate surface area is 142 Å². The number of ether oxygens (including phenoxy) is 1. The van der Waals surface area contributed by atoms with Gasteiger partial charge in [-0.2, -0.15) is 0 Å². The first-order valence-corrected chi connectivity index (χ1v) is 9.49. The van der Waals surface area contributed by atoms with Crippen LogP contribution in [0.1, 0.15) is 16.7 Å². The Morgan fingerprint density at radius 1 is 1.00 bits per heavy atom. The molecule has 0 atom stereocenters. The molecule has 0 saturated heterocycles. The highest BCUT2D eigenvalue weighted by Crippen LogP contribution is 2.32. The molecule has 0 saturated carbocycles. The van der Waals surface area contributed by atoms with Crippen LogP contribution in [-0.2, 0) is 15.9 Å². The lowest BCUT2D eigenvalue weighted by atomic mass is 10.0. The van der Waals surface area contributed by atoms with Crippen molar-refractivity contribution >= 4 is 7.59 Å². The van der Waals surface area contributed by atoms with E-state index < -0.39 is 7.59 Å². The van der Waals surface area contributed by atoms with Gasteiger partial charge >= 0.3 is 7.59 Å². The number of hydrogen-bond acceptors (Lipinski definition) is 3. The summed E-state index contributed by atoms with van der Waals surface area (Å²) in [7, 11) is -3.54. The van der Waals surface area contributed by atoms with Crippen molar-refractivity contribution in [3.05, 3.63) is 65.2 Å². The lowest BCUT2D eigenvalue weighted by molar-refractivity contribution is -0.000523. The van der Waals surface area contributed by atoms with Crippen LogP contribution in [0.5, 0.6) is 5.75 Å². The Kier molecular flexibility index (Phi) is 6.54. The SMILES string of the molecule is Cc1cccc(C)c1COCCN(Oc1ccccc1)P(N)(N)=O. The lowest BCUT2D eigenvalue weighted by Crippen LogP contribution is -2.34. The summed E-state index contributed by atoms with van der Waals surface area (Å²) in [5.74, 6) is 0.517. The molecule has 0 radical (unpaired) electrons. The van der Waals surface area contributed by atoms with E-state index in [4.69, 9.17) is 20.6 Å². The highest BCUT2D eigenvalue weighted by Gasteiger charge is 2.23. The van der Waals surface area contributed by atoms with Gasteiger partial charge in [0.1, 0.15) is 5.75 Å². The first-order chi connectivity index (χ1) is 11.4. The highest BCUT2D eigenvalue weighted by atomic mass is 31.2. The van der Waals surface area contributed by atoms with Crippen molar-refractivity contribution in [1.82, 2.24) is 4.83 Å². The molecule has 0 aliphatic heterocycles. The maximum absolute atomic E-state index is 12.0. The van der Waals surface area contributed by atoms with Crippen LogP contribution in [0, 0.1) is 13.8 Å². The maximum Gasteiger partial charge on any atom is 0.308 e. The third-order valence-corrected chi connectivity index (χ3v) is 4.60. The van der Waals surface area contributed by atoms with E-state index in [0.717, 1.165) is 10.4 Å².